The highest BCUT2D eigenvalue weighted by molar-refractivity contribution is 5.43. The van der Waals surface area contributed by atoms with Crippen LogP contribution in [0.2, 0.25) is 0 Å². The molecule has 0 heterocycles. The number of ether oxygens (including phenoxy) is 2. The smallest absolute Gasteiger partial charge is 0.387 e. The lowest BCUT2D eigenvalue weighted by molar-refractivity contribution is -0.0514. The van der Waals surface area contributed by atoms with Gasteiger partial charge in [0, 0.05) is 12.6 Å². The summed E-state index contributed by atoms with van der Waals surface area (Å²) in [7, 11) is 0. The minimum atomic E-state index is -2.84. The van der Waals surface area contributed by atoms with Gasteiger partial charge in [0.05, 0.1) is 6.61 Å². The summed E-state index contributed by atoms with van der Waals surface area (Å²) in [5.41, 5.74) is 1.02. The molecule has 2 rings (SSSR count). The normalized spacial score (nSPS) is 20.6. The fraction of sp³-hybridized carbons (Fsp3) is 0.625. The maximum absolute atomic E-state index is 12.3. The van der Waals surface area contributed by atoms with E-state index in [0.29, 0.717) is 18.4 Å². The van der Waals surface area contributed by atoms with Crippen LogP contribution < -0.4 is 14.8 Å². The second-order valence-corrected chi connectivity index (χ2v) is 5.36. The average molecular weight is 299 g/mol. The van der Waals surface area contributed by atoms with E-state index in [2.05, 4.69) is 17.0 Å². The summed E-state index contributed by atoms with van der Waals surface area (Å²) in [4.78, 5) is 0. The van der Waals surface area contributed by atoms with Crippen LogP contribution in [0.4, 0.5) is 8.78 Å². The molecular weight excluding hydrogens is 276 g/mol. The summed E-state index contributed by atoms with van der Waals surface area (Å²) >= 11 is 0. The maximum Gasteiger partial charge on any atom is 0.387 e. The Balaban J connectivity index is 1.92. The van der Waals surface area contributed by atoms with Crippen molar-refractivity contribution >= 4 is 0 Å². The van der Waals surface area contributed by atoms with Gasteiger partial charge in [0.15, 0.2) is 11.5 Å². The fourth-order valence-electron chi connectivity index (χ4n) is 2.56. The van der Waals surface area contributed by atoms with Gasteiger partial charge in [-0.3, -0.25) is 0 Å². The van der Waals surface area contributed by atoms with Crippen LogP contribution in [0.5, 0.6) is 11.5 Å². The molecule has 118 valence electrons. The van der Waals surface area contributed by atoms with E-state index in [1.165, 1.54) is 19.3 Å². The van der Waals surface area contributed by atoms with Gasteiger partial charge in [-0.2, -0.15) is 8.78 Å². The molecule has 0 amide bonds. The minimum Gasteiger partial charge on any atom is -0.490 e. The zero-order valence-electron chi connectivity index (χ0n) is 12.6. The fourth-order valence-corrected chi connectivity index (χ4v) is 2.56. The van der Waals surface area contributed by atoms with Crippen molar-refractivity contribution in [2.24, 2.45) is 5.92 Å². The molecule has 1 aromatic rings. The summed E-state index contributed by atoms with van der Waals surface area (Å²) in [6, 6.07) is 5.71. The molecular formula is C16H23F2NO2. The topological polar surface area (TPSA) is 30.5 Å². The number of hydrogen-bond acceptors (Lipinski definition) is 3. The molecule has 1 aliphatic carbocycles. The molecule has 2 unspecified atom stereocenters. The highest BCUT2D eigenvalue weighted by Gasteiger charge is 2.35. The Labute approximate surface area is 124 Å². The van der Waals surface area contributed by atoms with Crippen molar-refractivity contribution in [2.45, 2.75) is 52.3 Å². The number of halogens is 2. The van der Waals surface area contributed by atoms with Gasteiger partial charge in [0.25, 0.3) is 0 Å². The molecule has 1 aromatic carbocycles. The number of nitrogens with one attached hydrogen (secondary N) is 1. The average Bonchev–Trinajstić information content (AvgIpc) is 3.17. The van der Waals surface area contributed by atoms with Gasteiger partial charge < -0.3 is 14.8 Å². The van der Waals surface area contributed by atoms with Crippen molar-refractivity contribution in [2.75, 3.05) is 6.61 Å². The van der Waals surface area contributed by atoms with E-state index in [1.54, 1.807) is 18.2 Å². The van der Waals surface area contributed by atoms with E-state index in [9.17, 15) is 8.78 Å². The lowest BCUT2D eigenvalue weighted by Gasteiger charge is -2.13. The first kappa shape index (κ1) is 16.0. The quantitative estimate of drug-likeness (QED) is 0.748. The Kier molecular flexibility index (Phi) is 5.79. The molecule has 21 heavy (non-hydrogen) atoms. The van der Waals surface area contributed by atoms with E-state index in [0.717, 1.165) is 18.0 Å². The lowest BCUT2D eigenvalue weighted by Crippen LogP contribution is -2.17. The summed E-state index contributed by atoms with van der Waals surface area (Å²) < 4.78 is 34.5. The molecule has 0 aliphatic heterocycles. The van der Waals surface area contributed by atoms with Gasteiger partial charge in [-0.25, -0.2) is 0 Å². The third-order valence-electron chi connectivity index (χ3n) is 3.67. The third kappa shape index (κ3) is 4.84. The van der Waals surface area contributed by atoms with Crippen LogP contribution in [0, 0.1) is 5.92 Å². The molecule has 0 radical (unpaired) electrons. The van der Waals surface area contributed by atoms with Gasteiger partial charge in [-0.05, 0) is 43.4 Å². The first-order valence-electron chi connectivity index (χ1n) is 7.58. The lowest BCUT2D eigenvalue weighted by atomic mass is 10.2. The molecule has 0 bridgehead atoms. The maximum atomic E-state index is 12.3. The van der Waals surface area contributed by atoms with Gasteiger partial charge in [-0.15, -0.1) is 0 Å². The predicted molar refractivity (Wildman–Crippen MR) is 77.9 cm³/mol. The van der Waals surface area contributed by atoms with Crippen molar-refractivity contribution in [3.63, 3.8) is 0 Å². The molecule has 2 atom stereocenters. The first-order valence-corrected chi connectivity index (χ1v) is 7.58. The second kappa shape index (κ2) is 7.59. The number of benzene rings is 1. The summed E-state index contributed by atoms with van der Waals surface area (Å²) in [6.45, 7) is 2.31. The van der Waals surface area contributed by atoms with Crippen molar-refractivity contribution < 1.29 is 18.3 Å². The van der Waals surface area contributed by atoms with E-state index in [4.69, 9.17) is 4.74 Å². The first-order chi connectivity index (χ1) is 10.1. The summed E-state index contributed by atoms with van der Waals surface area (Å²) in [5.74, 6) is 1.26. The molecule has 1 saturated carbocycles. The highest BCUT2D eigenvalue weighted by atomic mass is 19.3. The summed E-state index contributed by atoms with van der Waals surface area (Å²) in [6.07, 6.45) is 3.72. The van der Waals surface area contributed by atoms with Gasteiger partial charge in [0.1, 0.15) is 0 Å². The largest absolute Gasteiger partial charge is 0.490 e. The van der Waals surface area contributed by atoms with Crippen LogP contribution in [0.1, 0.15) is 38.7 Å². The van der Waals surface area contributed by atoms with Crippen LogP contribution in [-0.2, 0) is 6.54 Å². The predicted octanol–water partition coefficient (Wildman–Crippen LogP) is 3.96. The SMILES string of the molecule is CCCC1CC1NCc1ccc(OC(F)F)c(OCC)c1. The van der Waals surface area contributed by atoms with E-state index < -0.39 is 6.61 Å². The molecule has 5 heteroatoms. The third-order valence-corrected chi connectivity index (χ3v) is 3.67. The molecule has 1 aliphatic rings. The Morgan fingerprint density at radius 3 is 2.76 bits per heavy atom. The van der Waals surface area contributed by atoms with Gasteiger partial charge in [0.2, 0.25) is 0 Å². The second-order valence-electron chi connectivity index (χ2n) is 5.36. The van der Waals surface area contributed by atoms with Gasteiger partial charge >= 0.3 is 6.61 Å². The number of rotatable bonds is 9. The van der Waals surface area contributed by atoms with E-state index in [1.807, 2.05) is 6.92 Å². The molecule has 1 fully saturated rings. The van der Waals surface area contributed by atoms with E-state index >= 15 is 0 Å². The van der Waals surface area contributed by atoms with Crippen LogP contribution in [0.25, 0.3) is 0 Å². The van der Waals surface area contributed by atoms with Crippen molar-refractivity contribution in [3.05, 3.63) is 23.8 Å². The highest BCUT2D eigenvalue weighted by Crippen LogP contribution is 2.35. The summed E-state index contributed by atoms with van der Waals surface area (Å²) in [5, 5.41) is 3.49. The number of hydrogen-bond donors (Lipinski definition) is 1. The van der Waals surface area contributed by atoms with Crippen LogP contribution in [0.15, 0.2) is 18.2 Å². The van der Waals surface area contributed by atoms with Crippen molar-refractivity contribution in [1.29, 1.82) is 0 Å². The monoisotopic (exact) mass is 299 g/mol. The zero-order chi connectivity index (χ0) is 15.2. The number of alkyl halides is 2. The Hall–Kier alpha value is -1.36. The standard InChI is InChI=1S/C16H23F2NO2/c1-3-5-12-9-13(12)19-10-11-6-7-14(21-16(17)18)15(8-11)20-4-2/h6-8,12-13,16,19H,3-5,9-10H2,1-2H3. The Bertz CT molecular complexity index is 454. The molecule has 0 spiro atoms. The van der Waals surface area contributed by atoms with Crippen LogP contribution in [0.3, 0.4) is 0 Å². The van der Waals surface area contributed by atoms with Crippen LogP contribution >= 0.6 is 0 Å². The molecule has 0 aromatic heterocycles. The molecule has 0 saturated heterocycles. The van der Waals surface area contributed by atoms with E-state index in [-0.39, 0.29) is 5.75 Å². The zero-order valence-corrected chi connectivity index (χ0v) is 12.6. The van der Waals surface area contributed by atoms with Crippen molar-refractivity contribution in [1.82, 2.24) is 5.32 Å². The van der Waals surface area contributed by atoms with Gasteiger partial charge in [-0.1, -0.05) is 19.4 Å². The Morgan fingerprint density at radius 2 is 2.10 bits per heavy atom. The minimum absolute atomic E-state index is 0.0888. The molecule has 3 nitrogen and oxygen atoms in total. The Morgan fingerprint density at radius 1 is 1.29 bits per heavy atom. The van der Waals surface area contributed by atoms with Crippen molar-refractivity contribution in [3.8, 4) is 11.5 Å². The van der Waals surface area contributed by atoms with Crippen LogP contribution in [-0.4, -0.2) is 19.3 Å². The molecule has 1 N–H and O–H groups in total.